The highest BCUT2D eigenvalue weighted by Crippen LogP contribution is 2.14. The lowest BCUT2D eigenvalue weighted by Crippen LogP contribution is -2.11. The van der Waals surface area contributed by atoms with Crippen LogP contribution in [0.1, 0.15) is 15.9 Å². The molecule has 0 atom stereocenters. The molecule has 1 amide bonds. The average molecular weight is 236 g/mol. The first-order chi connectivity index (χ1) is 8.69. The van der Waals surface area contributed by atoms with Crippen molar-refractivity contribution in [2.45, 2.75) is 6.92 Å². The molecule has 0 heterocycles. The van der Waals surface area contributed by atoms with Crippen molar-refractivity contribution >= 4 is 17.3 Å². The minimum absolute atomic E-state index is 0.171. The number of nitrogens with zero attached hydrogens (tertiary/aromatic N) is 1. The predicted octanol–water partition coefficient (Wildman–Crippen LogP) is 3.80. The van der Waals surface area contributed by atoms with E-state index in [1.165, 1.54) is 0 Å². The van der Waals surface area contributed by atoms with E-state index in [1.807, 2.05) is 31.2 Å². The van der Waals surface area contributed by atoms with E-state index in [0.717, 1.165) is 11.3 Å². The van der Waals surface area contributed by atoms with Crippen molar-refractivity contribution in [1.82, 2.24) is 0 Å². The SMILES string of the molecule is [C-]#[N+]c1ccc(C(=O)Nc2ccc(C)cc2)cc1. The third-order valence-electron chi connectivity index (χ3n) is 2.57. The van der Waals surface area contributed by atoms with Crippen molar-refractivity contribution in [2.75, 3.05) is 5.32 Å². The minimum atomic E-state index is -0.171. The number of benzene rings is 2. The van der Waals surface area contributed by atoms with Crippen LogP contribution >= 0.6 is 0 Å². The van der Waals surface area contributed by atoms with Gasteiger partial charge in [-0.3, -0.25) is 4.79 Å². The van der Waals surface area contributed by atoms with Crippen LogP contribution < -0.4 is 5.32 Å². The predicted molar refractivity (Wildman–Crippen MR) is 71.8 cm³/mol. The van der Waals surface area contributed by atoms with Crippen LogP contribution in [0.2, 0.25) is 0 Å². The Morgan fingerprint density at radius 1 is 1.06 bits per heavy atom. The monoisotopic (exact) mass is 236 g/mol. The van der Waals surface area contributed by atoms with Crippen LogP contribution in [0.5, 0.6) is 0 Å². The molecule has 0 saturated carbocycles. The van der Waals surface area contributed by atoms with Crippen LogP contribution in [0.15, 0.2) is 48.5 Å². The lowest BCUT2D eigenvalue weighted by atomic mass is 10.2. The van der Waals surface area contributed by atoms with Crippen LogP contribution in [0.4, 0.5) is 11.4 Å². The molecule has 0 fully saturated rings. The number of aryl methyl sites for hydroxylation is 1. The standard InChI is InChI=1S/C15H12N2O/c1-11-3-7-14(8-4-11)17-15(18)12-5-9-13(16-2)10-6-12/h3-10H,1H3,(H,17,18). The maximum Gasteiger partial charge on any atom is 0.255 e. The lowest BCUT2D eigenvalue weighted by Gasteiger charge is -2.05. The van der Waals surface area contributed by atoms with Crippen LogP contribution in [-0.4, -0.2) is 5.91 Å². The quantitative estimate of drug-likeness (QED) is 0.790. The average Bonchev–Trinajstić information content (AvgIpc) is 2.41. The Labute approximate surface area is 106 Å². The second-order valence-corrected chi connectivity index (χ2v) is 3.98. The number of anilines is 1. The number of carbonyl (C=O) groups is 1. The summed E-state index contributed by atoms with van der Waals surface area (Å²) in [5, 5.41) is 2.81. The number of amides is 1. The van der Waals surface area contributed by atoms with Gasteiger partial charge in [0.1, 0.15) is 0 Å². The van der Waals surface area contributed by atoms with Gasteiger partial charge in [-0.2, -0.15) is 0 Å². The molecule has 0 aromatic heterocycles. The number of hydrogen-bond donors (Lipinski definition) is 1. The molecule has 0 aliphatic heterocycles. The van der Waals surface area contributed by atoms with Crippen molar-refractivity contribution in [2.24, 2.45) is 0 Å². The van der Waals surface area contributed by atoms with Gasteiger partial charge >= 0.3 is 0 Å². The molecular formula is C15H12N2O. The zero-order valence-electron chi connectivity index (χ0n) is 9.97. The van der Waals surface area contributed by atoms with Crippen molar-refractivity contribution in [1.29, 1.82) is 0 Å². The maximum absolute atomic E-state index is 11.9. The summed E-state index contributed by atoms with van der Waals surface area (Å²) in [5.41, 5.74) is 2.99. The molecule has 88 valence electrons. The van der Waals surface area contributed by atoms with Crippen LogP contribution in [-0.2, 0) is 0 Å². The maximum atomic E-state index is 11.9. The lowest BCUT2D eigenvalue weighted by molar-refractivity contribution is 0.102. The first kappa shape index (κ1) is 11.9. The van der Waals surface area contributed by atoms with E-state index in [4.69, 9.17) is 6.57 Å². The number of rotatable bonds is 2. The number of carbonyl (C=O) groups excluding carboxylic acids is 1. The van der Waals surface area contributed by atoms with Crippen molar-refractivity contribution in [3.05, 3.63) is 71.1 Å². The summed E-state index contributed by atoms with van der Waals surface area (Å²) in [7, 11) is 0. The Morgan fingerprint density at radius 3 is 2.22 bits per heavy atom. The first-order valence-electron chi connectivity index (χ1n) is 5.54. The molecule has 0 aliphatic rings. The Balaban J connectivity index is 2.12. The highest BCUT2D eigenvalue weighted by molar-refractivity contribution is 6.04. The second-order valence-electron chi connectivity index (χ2n) is 3.98. The number of hydrogen-bond acceptors (Lipinski definition) is 1. The highest BCUT2D eigenvalue weighted by atomic mass is 16.1. The van der Waals surface area contributed by atoms with E-state index in [1.54, 1.807) is 24.3 Å². The Kier molecular flexibility index (Phi) is 3.40. The molecule has 2 aromatic carbocycles. The van der Waals surface area contributed by atoms with Gasteiger partial charge in [0.25, 0.3) is 5.91 Å². The molecule has 0 bridgehead atoms. The zero-order valence-corrected chi connectivity index (χ0v) is 9.97. The molecule has 3 heteroatoms. The second kappa shape index (κ2) is 5.15. The smallest absolute Gasteiger partial charge is 0.255 e. The van der Waals surface area contributed by atoms with Crippen LogP contribution in [0.25, 0.3) is 4.85 Å². The van der Waals surface area contributed by atoms with E-state index < -0.39 is 0 Å². The molecule has 2 aromatic rings. The normalized spacial score (nSPS) is 9.56. The summed E-state index contributed by atoms with van der Waals surface area (Å²) in [6.07, 6.45) is 0. The fraction of sp³-hybridized carbons (Fsp3) is 0.0667. The molecule has 0 spiro atoms. The van der Waals surface area contributed by atoms with Gasteiger partial charge in [-0.05, 0) is 19.1 Å². The molecule has 0 saturated heterocycles. The molecule has 2 rings (SSSR count). The highest BCUT2D eigenvalue weighted by Gasteiger charge is 2.05. The van der Waals surface area contributed by atoms with E-state index in [2.05, 4.69) is 10.2 Å². The third-order valence-corrected chi connectivity index (χ3v) is 2.57. The molecule has 0 aliphatic carbocycles. The Bertz CT molecular complexity index is 592. The van der Waals surface area contributed by atoms with E-state index >= 15 is 0 Å². The van der Waals surface area contributed by atoms with E-state index in [0.29, 0.717) is 11.3 Å². The van der Waals surface area contributed by atoms with E-state index in [-0.39, 0.29) is 5.91 Å². The molecule has 3 nitrogen and oxygen atoms in total. The van der Waals surface area contributed by atoms with Gasteiger partial charge in [0.2, 0.25) is 0 Å². The van der Waals surface area contributed by atoms with Crippen LogP contribution in [0.3, 0.4) is 0 Å². The summed E-state index contributed by atoms with van der Waals surface area (Å²) in [6, 6.07) is 14.2. The van der Waals surface area contributed by atoms with Crippen LogP contribution in [0, 0.1) is 13.5 Å². The van der Waals surface area contributed by atoms with Crippen molar-refractivity contribution in [3.63, 3.8) is 0 Å². The van der Waals surface area contributed by atoms with Gasteiger partial charge in [-0.1, -0.05) is 42.0 Å². The van der Waals surface area contributed by atoms with Crippen molar-refractivity contribution in [3.8, 4) is 0 Å². The topological polar surface area (TPSA) is 33.5 Å². The van der Waals surface area contributed by atoms with Gasteiger partial charge in [-0.15, -0.1) is 0 Å². The summed E-state index contributed by atoms with van der Waals surface area (Å²) in [5.74, 6) is -0.171. The summed E-state index contributed by atoms with van der Waals surface area (Å²) in [4.78, 5) is 15.2. The van der Waals surface area contributed by atoms with Gasteiger partial charge in [-0.25, -0.2) is 4.85 Å². The number of nitrogens with one attached hydrogen (secondary N) is 1. The first-order valence-corrected chi connectivity index (χ1v) is 5.54. The minimum Gasteiger partial charge on any atom is -0.322 e. The summed E-state index contributed by atoms with van der Waals surface area (Å²) < 4.78 is 0. The van der Waals surface area contributed by atoms with Gasteiger partial charge in [0, 0.05) is 11.3 Å². The van der Waals surface area contributed by atoms with Crippen molar-refractivity contribution < 1.29 is 4.79 Å². The molecule has 0 unspecified atom stereocenters. The molecule has 0 radical (unpaired) electrons. The Hall–Kier alpha value is -2.60. The van der Waals surface area contributed by atoms with Gasteiger partial charge in [0.15, 0.2) is 5.69 Å². The molecular weight excluding hydrogens is 224 g/mol. The van der Waals surface area contributed by atoms with E-state index in [9.17, 15) is 4.79 Å². The molecule has 18 heavy (non-hydrogen) atoms. The Morgan fingerprint density at radius 2 is 1.67 bits per heavy atom. The van der Waals surface area contributed by atoms with Gasteiger partial charge < -0.3 is 5.32 Å². The molecule has 1 N–H and O–H groups in total. The largest absolute Gasteiger partial charge is 0.322 e. The van der Waals surface area contributed by atoms with Gasteiger partial charge in [0.05, 0.1) is 6.57 Å². The zero-order chi connectivity index (χ0) is 13.0. The fourth-order valence-electron chi connectivity index (χ4n) is 1.53. The summed E-state index contributed by atoms with van der Waals surface area (Å²) in [6.45, 7) is 8.84. The fourth-order valence-corrected chi connectivity index (χ4v) is 1.53. The third kappa shape index (κ3) is 2.74. The summed E-state index contributed by atoms with van der Waals surface area (Å²) >= 11 is 0.